The van der Waals surface area contributed by atoms with E-state index in [0.29, 0.717) is 12.8 Å². The lowest BCUT2D eigenvalue weighted by Crippen LogP contribution is -2.22. The lowest BCUT2D eigenvalue weighted by molar-refractivity contribution is 0.502. The fraction of sp³-hybridized carbons (Fsp3) is 0.571. The van der Waals surface area contributed by atoms with Gasteiger partial charge in [0.1, 0.15) is 15.7 Å². The van der Waals surface area contributed by atoms with Gasteiger partial charge in [0, 0.05) is 11.8 Å². The third-order valence-electron chi connectivity index (χ3n) is 3.09. The van der Waals surface area contributed by atoms with Crippen molar-refractivity contribution in [3.05, 3.63) is 35.6 Å². The van der Waals surface area contributed by atoms with Gasteiger partial charge in [-0.15, -0.1) is 0 Å². The van der Waals surface area contributed by atoms with Gasteiger partial charge in [0.15, 0.2) is 0 Å². The third kappa shape index (κ3) is 5.70. The van der Waals surface area contributed by atoms with Crippen molar-refractivity contribution in [1.29, 1.82) is 0 Å². The summed E-state index contributed by atoms with van der Waals surface area (Å²) in [6.45, 7) is 4.40. The summed E-state index contributed by atoms with van der Waals surface area (Å²) in [6, 6.07) is 6.46. The van der Waals surface area contributed by atoms with E-state index in [1.807, 2.05) is 13.0 Å². The first-order chi connectivity index (χ1) is 8.98. The Labute approximate surface area is 115 Å². The second kappa shape index (κ2) is 7.60. The summed E-state index contributed by atoms with van der Waals surface area (Å²) >= 11 is 0. The third-order valence-corrected chi connectivity index (χ3v) is 4.88. The number of hydrogen-bond acceptors (Lipinski definition) is 3. The lowest BCUT2D eigenvalue weighted by Gasteiger charge is -2.18. The highest BCUT2D eigenvalue weighted by molar-refractivity contribution is 7.91. The standard InChI is InChI=1S/C14H22FNO2S/c1-3-16-14(9-6-10-19(17,18)4-2)12-7-5-8-13(15)11-12/h5,7-8,11,14,16H,3-4,6,9-10H2,1-2H3. The van der Waals surface area contributed by atoms with Crippen LogP contribution in [0.2, 0.25) is 0 Å². The average Bonchev–Trinajstić information content (AvgIpc) is 2.37. The van der Waals surface area contributed by atoms with Gasteiger partial charge in [-0.1, -0.05) is 26.0 Å². The van der Waals surface area contributed by atoms with Crippen LogP contribution >= 0.6 is 0 Å². The molecule has 1 atom stereocenters. The molecule has 1 unspecified atom stereocenters. The SMILES string of the molecule is CCNC(CCCS(=O)(=O)CC)c1cccc(F)c1. The average molecular weight is 287 g/mol. The molecule has 19 heavy (non-hydrogen) atoms. The maximum atomic E-state index is 13.2. The summed E-state index contributed by atoms with van der Waals surface area (Å²) in [5, 5.41) is 3.27. The molecule has 0 spiro atoms. The summed E-state index contributed by atoms with van der Waals surface area (Å²) in [6.07, 6.45) is 1.28. The molecule has 1 aromatic rings. The number of sulfone groups is 1. The number of nitrogens with one attached hydrogen (secondary N) is 1. The number of halogens is 1. The van der Waals surface area contributed by atoms with Gasteiger partial charge in [0.05, 0.1) is 5.75 Å². The van der Waals surface area contributed by atoms with Gasteiger partial charge in [-0.25, -0.2) is 12.8 Å². The van der Waals surface area contributed by atoms with Gasteiger partial charge < -0.3 is 5.32 Å². The summed E-state index contributed by atoms with van der Waals surface area (Å²) < 4.78 is 36.1. The van der Waals surface area contributed by atoms with Crippen LogP contribution in [-0.2, 0) is 9.84 Å². The highest BCUT2D eigenvalue weighted by atomic mass is 32.2. The zero-order valence-electron chi connectivity index (χ0n) is 11.5. The molecule has 0 saturated heterocycles. The van der Waals surface area contributed by atoms with Crippen LogP contribution < -0.4 is 5.32 Å². The van der Waals surface area contributed by atoms with E-state index < -0.39 is 9.84 Å². The van der Waals surface area contributed by atoms with Crippen molar-refractivity contribution in [2.24, 2.45) is 0 Å². The molecule has 0 fully saturated rings. The Hall–Kier alpha value is -0.940. The Kier molecular flexibility index (Phi) is 6.45. The van der Waals surface area contributed by atoms with E-state index >= 15 is 0 Å². The molecule has 3 nitrogen and oxygen atoms in total. The number of benzene rings is 1. The van der Waals surface area contributed by atoms with Crippen molar-refractivity contribution in [1.82, 2.24) is 5.32 Å². The molecule has 0 amide bonds. The first kappa shape index (κ1) is 16.1. The maximum absolute atomic E-state index is 13.2. The molecule has 5 heteroatoms. The van der Waals surface area contributed by atoms with Crippen LogP contribution in [0.4, 0.5) is 4.39 Å². The van der Waals surface area contributed by atoms with Crippen LogP contribution in [0.3, 0.4) is 0 Å². The highest BCUT2D eigenvalue weighted by Gasteiger charge is 2.13. The van der Waals surface area contributed by atoms with E-state index in [4.69, 9.17) is 0 Å². The quantitative estimate of drug-likeness (QED) is 0.799. The van der Waals surface area contributed by atoms with Crippen LogP contribution in [0.15, 0.2) is 24.3 Å². The summed E-state index contributed by atoms with van der Waals surface area (Å²) in [4.78, 5) is 0. The number of hydrogen-bond donors (Lipinski definition) is 1. The monoisotopic (exact) mass is 287 g/mol. The molecular weight excluding hydrogens is 265 g/mol. The predicted molar refractivity (Wildman–Crippen MR) is 76.4 cm³/mol. The molecule has 0 bridgehead atoms. The Morgan fingerprint density at radius 2 is 2.05 bits per heavy atom. The molecule has 0 aliphatic carbocycles. The lowest BCUT2D eigenvalue weighted by atomic mass is 10.0. The van der Waals surface area contributed by atoms with Crippen molar-refractivity contribution in [3.8, 4) is 0 Å². The molecule has 0 radical (unpaired) electrons. The van der Waals surface area contributed by atoms with Gasteiger partial charge in [0.2, 0.25) is 0 Å². The first-order valence-electron chi connectivity index (χ1n) is 6.67. The van der Waals surface area contributed by atoms with Crippen LogP contribution in [-0.4, -0.2) is 26.5 Å². The number of rotatable bonds is 8. The van der Waals surface area contributed by atoms with Crippen molar-refractivity contribution >= 4 is 9.84 Å². The summed E-state index contributed by atoms with van der Waals surface area (Å²) in [7, 11) is -2.92. The second-order valence-corrected chi connectivity index (χ2v) is 7.02. The predicted octanol–water partition coefficient (Wildman–Crippen LogP) is 2.69. The largest absolute Gasteiger partial charge is 0.310 e. The van der Waals surface area contributed by atoms with Crippen molar-refractivity contribution in [2.45, 2.75) is 32.7 Å². The Morgan fingerprint density at radius 1 is 1.32 bits per heavy atom. The van der Waals surface area contributed by atoms with Gasteiger partial charge >= 0.3 is 0 Å². The highest BCUT2D eigenvalue weighted by Crippen LogP contribution is 2.19. The van der Waals surface area contributed by atoms with Gasteiger partial charge in [-0.05, 0) is 37.1 Å². The van der Waals surface area contributed by atoms with E-state index in [0.717, 1.165) is 12.1 Å². The Morgan fingerprint density at radius 3 is 2.63 bits per heavy atom. The maximum Gasteiger partial charge on any atom is 0.150 e. The molecule has 0 saturated carbocycles. The van der Waals surface area contributed by atoms with Crippen molar-refractivity contribution in [3.63, 3.8) is 0 Å². The minimum Gasteiger partial charge on any atom is -0.310 e. The van der Waals surface area contributed by atoms with Gasteiger partial charge in [-0.2, -0.15) is 0 Å². The topological polar surface area (TPSA) is 46.2 Å². The minimum absolute atomic E-state index is 0.00718. The normalized spacial score (nSPS) is 13.4. The molecule has 1 rings (SSSR count). The van der Waals surface area contributed by atoms with E-state index in [9.17, 15) is 12.8 Å². The second-order valence-electron chi connectivity index (χ2n) is 4.54. The van der Waals surface area contributed by atoms with E-state index in [2.05, 4.69) is 5.32 Å². The molecule has 0 heterocycles. The Balaban J connectivity index is 2.63. The van der Waals surface area contributed by atoms with Crippen LogP contribution in [0, 0.1) is 5.82 Å². The molecule has 108 valence electrons. The van der Waals surface area contributed by atoms with Gasteiger partial charge in [-0.3, -0.25) is 0 Å². The van der Waals surface area contributed by atoms with E-state index in [-0.39, 0.29) is 23.4 Å². The van der Waals surface area contributed by atoms with E-state index in [1.165, 1.54) is 12.1 Å². The van der Waals surface area contributed by atoms with Crippen LogP contribution in [0.25, 0.3) is 0 Å². The zero-order chi connectivity index (χ0) is 14.3. The minimum atomic E-state index is -2.92. The van der Waals surface area contributed by atoms with Gasteiger partial charge in [0.25, 0.3) is 0 Å². The molecule has 1 aromatic carbocycles. The Bertz CT molecular complexity index is 488. The van der Waals surface area contributed by atoms with Crippen molar-refractivity contribution in [2.75, 3.05) is 18.1 Å². The molecule has 0 aliphatic rings. The molecule has 1 N–H and O–H groups in total. The summed E-state index contributed by atoms with van der Waals surface area (Å²) in [5.74, 6) is 0.112. The molecule has 0 aliphatic heterocycles. The zero-order valence-corrected chi connectivity index (χ0v) is 12.3. The smallest absolute Gasteiger partial charge is 0.150 e. The van der Waals surface area contributed by atoms with Crippen LogP contribution in [0.1, 0.15) is 38.3 Å². The van der Waals surface area contributed by atoms with Crippen molar-refractivity contribution < 1.29 is 12.8 Å². The first-order valence-corrected chi connectivity index (χ1v) is 8.50. The molecular formula is C14H22FNO2S. The van der Waals surface area contributed by atoms with E-state index in [1.54, 1.807) is 13.0 Å². The summed E-state index contributed by atoms with van der Waals surface area (Å²) in [5.41, 5.74) is 0.871. The van der Waals surface area contributed by atoms with Crippen LogP contribution in [0.5, 0.6) is 0 Å². The fourth-order valence-corrected chi connectivity index (χ4v) is 2.90. The fourth-order valence-electron chi connectivity index (χ4n) is 2.01. The molecule has 0 aromatic heterocycles.